The highest BCUT2D eigenvalue weighted by molar-refractivity contribution is 4.83. The molecule has 2 unspecified atom stereocenters. The summed E-state index contributed by atoms with van der Waals surface area (Å²) in [4.78, 5) is 0. The Morgan fingerprint density at radius 1 is 0.517 bits per heavy atom. The molecule has 0 radical (unpaired) electrons. The van der Waals surface area contributed by atoms with Crippen LogP contribution in [-0.4, -0.2) is 83.7 Å². The van der Waals surface area contributed by atoms with E-state index < -0.39 is 0 Å². The lowest BCUT2D eigenvalue weighted by Gasteiger charge is -2.36. The van der Waals surface area contributed by atoms with Crippen LogP contribution in [-0.2, 0) is 0 Å². The van der Waals surface area contributed by atoms with Gasteiger partial charge < -0.3 is 19.2 Å². The lowest BCUT2D eigenvalue weighted by Crippen LogP contribution is -2.49. The Morgan fingerprint density at radius 2 is 0.931 bits per heavy atom. The average molecular weight is 409 g/mol. The topological polar surface area (TPSA) is 40.5 Å². The van der Waals surface area contributed by atoms with Crippen molar-refractivity contribution < 1.29 is 19.2 Å². The number of nitrogens with zero attached hydrogens (tertiary/aromatic N) is 2. The van der Waals surface area contributed by atoms with Gasteiger partial charge in [0, 0.05) is 50.4 Å². The van der Waals surface area contributed by atoms with E-state index in [4.69, 9.17) is 0 Å². The molecule has 4 nitrogen and oxygen atoms in total. The van der Waals surface area contributed by atoms with Crippen molar-refractivity contribution in [2.75, 3.05) is 52.5 Å². The Bertz CT molecular complexity index is 471. The zero-order valence-corrected chi connectivity index (χ0v) is 18.9. The Kier molecular flexibility index (Phi) is 7.58. The average Bonchev–Trinajstić information content (AvgIpc) is 3.46. The lowest BCUT2D eigenvalue weighted by molar-refractivity contribution is -0.929. The normalized spacial score (nSPS) is 41.2. The van der Waals surface area contributed by atoms with Crippen LogP contribution in [0.15, 0.2) is 0 Å². The van der Waals surface area contributed by atoms with Gasteiger partial charge in [-0.25, -0.2) is 0 Å². The minimum Gasteiger partial charge on any atom is -0.396 e. The van der Waals surface area contributed by atoms with Crippen LogP contribution in [0, 0.1) is 11.8 Å². The van der Waals surface area contributed by atoms with Crippen LogP contribution in [0.5, 0.6) is 0 Å². The zero-order chi connectivity index (χ0) is 20.2. The summed E-state index contributed by atoms with van der Waals surface area (Å²) in [6.07, 6.45) is 17.9. The minimum atomic E-state index is 0.423. The van der Waals surface area contributed by atoms with Crippen LogP contribution < -0.4 is 0 Å². The summed E-state index contributed by atoms with van der Waals surface area (Å²) in [7, 11) is 0. The quantitative estimate of drug-likeness (QED) is 0.382. The Balaban J connectivity index is 1.05. The highest BCUT2D eigenvalue weighted by Crippen LogP contribution is 2.41. The number of unbranched alkanes of at least 4 members (excludes halogenated alkanes) is 6. The van der Waals surface area contributed by atoms with E-state index in [-0.39, 0.29) is 0 Å². The molecule has 4 rings (SSSR count). The van der Waals surface area contributed by atoms with Crippen LogP contribution in [0.1, 0.15) is 83.5 Å². The summed E-state index contributed by atoms with van der Waals surface area (Å²) < 4.78 is 2.72. The van der Waals surface area contributed by atoms with Crippen LogP contribution in [0.25, 0.3) is 0 Å². The van der Waals surface area contributed by atoms with E-state index in [2.05, 4.69) is 0 Å². The fraction of sp³-hybridized carbons (Fsp3) is 1.00. The predicted octanol–water partition coefficient (Wildman–Crippen LogP) is 3.70. The first-order valence-electron chi connectivity index (χ1n) is 13.2. The van der Waals surface area contributed by atoms with Gasteiger partial charge in [-0.3, -0.25) is 0 Å². The molecule has 2 N–H and O–H groups in total. The molecule has 0 aromatic rings. The van der Waals surface area contributed by atoms with Crippen molar-refractivity contribution in [3.8, 4) is 0 Å². The molecule has 6 atom stereocenters. The Hall–Kier alpha value is -0.160. The van der Waals surface area contributed by atoms with E-state index in [1.165, 1.54) is 132 Å². The minimum absolute atomic E-state index is 0.423. The van der Waals surface area contributed by atoms with Crippen LogP contribution in [0.2, 0.25) is 0 Å². The van der Waals surface area contributed by atoms with Crippen molar-refractivity contribution in [3.05, 3.63) is 0 Å². The lowest BCUT2D eigenvalue weighted by atomic mass is 9.99. The van der Waals surface area contributed by atoms with Crippen molar-refractivity contribution in [2.45, 2.75) is 95.6 Å². The number of aliphatic hydroxyl groups is 2. The fourth-order valence-electron chi connectivity index (χ4n) is 8.20. The van der Waals surface area contributed by atoms with Crippen LogP contribution in [0.4, 0.5) is 0 Å². The standard InChI is InChI=1S/C25H48N2O2/c28-20-22-12-18-26(16-8-10-24(22)26)14-6-4-2-1-3-5-7-15-27-17-9-11-25(27)23(21-29)13-19-27/h22-25,28-29H,1-21H2/q+2/t22-,23-,24+,25+,26?,27?/m0/s1. The van der Waals surface area contributed by atoms with E-state index in [9.17, 15) is 10.2 Å². The highest BCUT2D eigenvalue weighted by atomic mass is 16.3. The third-order valence-electron chi connectivity index (χ3n) is 9.77. The van der Waals surface area contributed by atoms with Gasteiger partial charge in [-0.2, -0.15) is 0 Å². The summed E-state index contributed by atoms with van der Waals surface area (Å²) in [6.45, 7) is 9.07. The predicted molar refractivity (Wildman–Crippen MR) is 118 cm³/mol. The third-order valence-corrected chi connectivity index (χ3v) is 9.77. The number of hydrogen-bond acceptors (Lipinski definition) is 2. The van der Waals surface area contributed by atoms with Crippen molar-refractivity contribution in [3.63, 3.8) is 0 Å². The molecule has 0 aromatic heterocycles. The van der Waals surface area contributed by atoms with E-state index in [0.29, 0.717) is 25.0 Å². The fourth-order valence-corrected chi connectivity index (χ4v) is 8.20. The second kappa shape index (κ2) is 9.97. The van der Waals surface area contributed by atoms with Gasteiger partial charge in [0.25, 0.3) is 0 Å². The van der Waals surface area contributed by atoms with Gasteiger partial charge in [0.15, 0.2) is 0 Å². The van der Waals surface area contributed by atoms with Gasteiger partial charge in [0.1, 0.15) is 0 Å². The van der Waals surface area contributed by atoms with Crippen LogP contribution >= 0.6 is 0 Å². The monoisotopic (exact) mass is 408 g/mol. The van der Waals surface area contributed by atoms with Crippen LogP contribution in [0.3, 0.4) is 0 Å². The molecule has 0 amide bonds. The number of rotatable bonds is 12. The molecule has 0 aromatic carbocycles. The first kappa shape index (κ1) is 22.0. The molecule has 4 fully saturated rings. The summed E-state index contributed by atoms with van der Waals surface area (Å²) in [5.74, 6) is 1.20. The summed E-state index contributed by atoms with van der Waals surface area (Å²) in [5.41, 5.74) is 0. The van der Waals surface area contributed by atoms with Gasteiger partial charge >= 0.3 is 0 Å². The van der Waals surface area contributed by atoms with Gasteiger partial charge in [0.2, 0.25) is 0 Å². The van der Waals surface area contributed by atoms with E-state index in [1.54, 1.807) is 0 Å². The molecule has 0 bridgehead atoms. The molecule has 168 valence electrons. The van der Waals surface area contributed by atoms with Gasteiger partial charge in [0.05, 0.1) is 64.6 Å². The molecule has 4 aliphatic rings. The van der Waals surface area contributed by atoms with E-state index >= 15 is 0 Å². The maximum Gasteiger partial charge on any atom is 0.0945 e. The van der Waals surface area contributed by atoms with Gasteiger partial charge in [-0.1, -0.05) is 19.3 Å². The number of hydrogen-bond donors (Lipinski definition) is 2. The molecule has 4 aliphatic heterocycles. The van der Waals surface area contributed by atoms with E-state index in [1.807, 2.05) is 0 Å². The maximum absolute atomic E-state index is 9.66. The number of aliphatic hydroxyl groups excluding tert-OH is 2. The van der Waals surface area contributed by atoms with Gasteiger partial charge in [-0.05, 0) is 25.7 Å². The summed E-state index contributed by atoms with van der Waals surface area (Å²) in [6, 6.07) is 1.58. The van der Waals surface area contributed by atoms with Gasteiger partial charge in [-0.15, -0.1) is 0 Å². The molecule has 0 aliphatic carbocycles. The molecule has 0 spiro atoms. The van der Waals surface area contributed by atoms with Crippen molar-refractivity contribution in [2.24, 2.45) is 11.8 Å². The highest BCUT2D eigenvalue weighted by Gasteiger charge is 2.51. The second-order valence-electron chi connectivity index (χ2n) is 11.1. The molecule has 4 heteroatoms. The summed E-state index contributed by atoms with van der Waals surface area (Å²) in [5, 5.41) is 19.3. The molecular weight excluding hydrogens is 360 g/mol. The molecule has 4 saturated heterocycles. The number of fused-ring (bicyclic) bond motifs is 2. The molecule has 4 heterocycles. The molecule has 29 heavy (non-hydrogen) atoms. The van der Waals surface area contributed by atoms with E-state index in [0.717, 1.165) is 12.1 Å². The van der Waals surface area contributed by atoms with Crippen molar-refractivity contribution in [1.29, 1.82) is 0 Å². The smallest absolute Gasteiger partial charge is 0.0945 e. The summed E-state index contributed by atoms with van der Waals surface area (Å²) >= 11 is 0. The largest absolute Gasteiger partial charge is 0.396 e. The molecular formula is C25H48N2O2+2. The third kappa shape index (κ3) is 4.56. The number of quaternary nitrogens is 2. The Labute approximate surface area is 179 Å². The zero-order valence-electron chi connectivity index (χ0n) is 18.9. The molecule has 0 saturated carbocycles. The van der Waals surface area contributed by atoms with Crippen molar-refractivity contribution in [1.82, 2.24) is 0 Å². The second-order valence-corrected chi connectivity index (χ2v) is 11.1. The first-order chi connectivity index (χ1) is 14.2. The SMILES string of the molecule is OC[C@@H]1CC[N+]2(CCCCCCCCC[N+]34CCC[C@@H]3[C@H](CO)CC4)CCC[C@H]12. The van der Waals surface area contributed by atoms with Crippen molar-refractivity contribution >= 4 is 0 Å². The Morgan fingerprint density at radius 3 is 1.34 bits per heavy atom. The first-order valence-corrected chi connectivity index (χ1v) is 13.2. The maximum atomic E-state index is 9.66.